The zero-order valence-corrected chi connectivity index (χ0v) is 11.4. The average molecular weight is 306 g/mol. The van der Waals surface area contributed by atoms with Crippen molar-refractivity contribution in [3.8, 4) is 5.75 Å². The molecule has 0 fully saturated rings. The second kappa shape index (κ2) is 5.69. The quantitative estimate of drug-likeness (QED) is 0.939. The number of amides is 1. The van der Waals surface area contributed by atoms with Crippen LogP contribution in [-0.4, -0.2) is 13.0 Å². The monoisotopic (exact) mass is 305 g/mol. The molecule has 4 heteroatoms. The molecule has 0 bridgehead atoms. The number of halogens is 1. The van der Waals surface area contributed by atoms with Crippen molar-refractivity contribution in [2.24, 2.45) is 0 Å². The molecule has 0 atom stereocenters. The zero-order chi connectivity index (χ0) is 13.0. The highest BCUT2D eigenvalue weighted by Crippen LogP contribution is 2.24. The molecule has 1 amide bonds. The molecule has 2 aromatic rings. The number of carbonyl (C=O) groups excluding carboxylic acids is 1. The summed E-state index contributed by atoms with van der Waals surface area (Å²) in [5, 5.41) is 2.84. The Labute approximate surface area is 114 Å². The first-order chi connectivity index (χ1) is 8.72. The lowest BCUT2D eigenvalue weighted by atomic mass is 10.2. The first-order valence-electron chi connectivity index (χ1n) is 5.41. The summed E-state index contributed by atoms with van der Waals surface area (Å²) in [6.45, 7) is 0. The highest BCUT2D eigenvalue weighted by atomic mass is 79.9. The molecule has 0 spiro atoms. The van der Waals surface area contributed by atoms with Gasteiger partial charge in [0, 0.05) is 4.47 Å². The van der Waals surface area contributed by atoms with Crippen LogP contribution in [0.4, 0.5) is 5.69 Å². The molecular weight excluding hydrogens is 294 g/mol. The number of rotatable bonds is 3. The molecule has 0 radical (unpaired) electrons. The van der Waals surface area contributed by atoms with Gasteiger partial charge in [0.1, 0.15) is 5.75 Å². The Balaban J connectivity index is 2.25. The number of carbonyl (C=O) groups is 1. The van der Waals surface area contributed by atoms with Crippen molar-refractivity contribution in [1.29, 1.82) is 0 Å². The van der Waals surface area contributed by atoms with Gasteiger partial charge in [0.25, 0.3) is 5.91 Å². The van der Waals surface area contributed by atoms with E-state index >= 15 is 0 Å². The molecule has 92 valence electrons. The minimum absolute atomic E-state index is 0.195. The molecular formula is C14H12BrNO2. The van der Waals surface area contributed by atoms with E-state index in [1.165, 1.54) is 0 Å². The van der Waals surface area contributed by atoms with Crippen molar-refractivity contribution in [3.63, 3.8) is 0 Å². The number of hydrogen-bond acceptors (Lipinski definition) is 2. The van der Waals surface area contributed by atoms with Crippen molar-refractivity contribution in [3.05, 3.63) is 58.6 Å². The Kier molecular flexibility index (Phi) is 3.99. The largest absolute Gasteiger partial charge is 0.496 e. The van der Waals surface area contributed by atoms with Gasteiger partial charge in [0.05, 0.1) is 18.4 Å². The van der Waals surface area contributed by atoms with Crippen LogP contribution in [0, 0.1) is 0 Å². The molecule has 2 aromatic carbocycles. The summed E-state index contributed by atoms with van der Waals surface area (Å²) < 4.78 is 6.00. The van der Waals surface area contributed by atoms with E-state index in [1.54, 1.807) is 25.3 Å². The Morgan fingerprint density at radius 1 is 1.11 bits per heavy atom. The Morgan fingerprint density at radius 3 is 2.50 bits per heavy atom. The molecule has 0 aliphatic rings. The van der Waals surface area contributed by atoms with Gasteiger partial charge in [-0.15, -0.1) is 0 Å². The molecule has 3 nitrogen and oxygen atoms in total. The SMILES string of the molecule is COc1ccccc1C(=O)Nc1ccccc1Br. The van der Waals surface area contributed by atoms with E-state index in [9.17, 15) is 4.79 Å². The van der Waals surface area contributed by atoms with Crippen LogP contribution in [0.1, 0.15) is 10.4 Å². The van der Waals surface area contributed by atoms with Gasteiger partial charge in [-0.3, -0.25) is 4.79 Å². The average Bonchev–Trinajstić information content (AvgIpc) is 2.41. The van der Waals surface area contributed by atoms with Crippen LogP contribution in [0.25, 0.3) is 0 Å². The van der Waals surface area contributed by atoms with Crippen LogP contribution < -0.4 is 10.1 Å². The maximum absolute atomic E-state index is 12.1. The van der Waals surface area contributed by atoms with Crippen molar-refractivity contribution < 1.29 is 9.53 Å². The first kappa shape index (κ1) is 12.6. The molecule has 0 heterocycles. The molecule has 2 rings (SSSR count). The molecule has 0 aliphatic carbocycles. The summed E-state index contributed by atoms with van der Waals surface area (Å²) in [4.78, 5) is 12.1. The molecule has 0 aromatic heterocycles. The van der Waals surface area contributed by atoms with Gasteiger partial charge in [0.2, 0.25) is 0 Å². The Bertz CT molecular complexity index is 569. The predicted octanol–water partition coefficient (Wildman–Crippen LogP) is 3.71. The topological polar surface area (TPSA) is 38.3 Å². The fraction of sp³-hybridized carbons (Fsp3) is 0.0714. The summed E-state index contributed by atoms with van der Waals surface area (Å²) in [5.41, 5.74) is 1.24. The van der Waals surface area contributed by atoms with Gasteiger partial charge in [-0.2, -0.15) is 0 Å². The van der Waals surface area contributed by atoms with E-state index in [1.807, 2.05) is 30.3 Å². The second-order valence-electron chi connectivity index (χ2n) is 3.63. The number of ether oxygens (including phenoxy) is 1. The highest BCUT2D eigenvalue weighted by Gasteiger charge is 2.12. The van der Waals surface area contributed by atoms with E-state index < -0.39 is 0 Å². The van der Waals surface area contributed by atoms with Gasteiger partial charge >= 0.3 is 0 Å². The number of hydrogen-bond donors (Lipinski definition) is 1. The van der Waals surface area contributed by atoms with Gasteiger partial charge < -0.3 is 10.1 Å². The highest BCUT2D eigenvalue weighted by molar-refractivity contribution is 9.10. The molecule has 0 unspecified atom stereocenters. The normalized spacial score (nSPS) is 9.89. The number of nitrogens with one attached hydrogen (secondary N) is 1. The summed E-state index contributed by atoms with van der Waals surface area (Å²) in [5.74, 6) is 0.362. The molecule has 0 saturated heterocycles. The molecule has 18 heavy (non-hydrogen) atoms. The maximum atomic E-state index is 12.1. The minimum Gasteiger partial charge on any atom is -0.496 e. The van der Waals surface area contributed by atoms with E-state index in [4.69, 9.17) is 4.74 Å². The predicted molar refractivity (Wildman–Crippen MR) is 75.1 cm³/mol. The van der Waals surface area contributed by atoms with Crippen LogP contribution in [0.15, 0.2) is 53.0 Å². The van der Waals surface area contributed by atoms with Crippen LogP contribution >= 0.6 is 15.9 Å². The Hall–Kier alpha value is -1.81. The summed E-state index contributed by atoms with van der Waals surface area (Å²) in [6, 6.07) is 14.6. The lowest BCUT2D eigenvalue weighted by molar-refractivity contribution is 0.102. The number of anilines is 1. The van der Waals surface area contributed by atoms with Gasteiger partial charge in [-0.25, -0.2) is 0 Å². The molecule has 0 saturated carbocycles. The van der Waals surface area contributed by atoms with Crippen LogP contribution in [0.5, 0.6) is 5.75 Å². The van der Waals surface area contributed by atoms with E-state index in [0.717, 1.165) is 10.2 Å². The smallest absolute Gasteiger partial charge is 0.259 e. The second-order valence-corrected chi connectivity index (χ2v) is 4.49. The fourth-order valence-electron chi connectivity index (χ4n) is 1.58. The third-order valence-electron chi connectivity index (χ3n) is 2.47. The van der Waals surface area contributed by atoms with Crippen LogP contribution in [-0.2, 0) is 0 Å². The standard InChI is InChI=1S/C14H12BrNO2/c1-18-13-9-5-2-6-10(13)14(17)16-12-8-4-3-7-11(12)15/h2-9H,1H3,(H,16,17). The zero-order valence-electron chi connectivity index (χ0n) is 9.81. The lowest BCUT2D eigenvalue weighted by Crippen LogP contribution is -2.13. The fourth-order valence-corrected chi connectivity index (χ4v) is 1.97. The van der Waals surface area contributed by atoms with Gasteiger partial charge in [-0.05, 0) is 40.2 Å². The van der Waals surface area contributed by atoms with E-state index in [2.05, 4.69) is 21.2 Å². The van der Waals surface area contributed by atoms with Crippen molar-refractivity contribution >= 4 is 27.5 Å². The third kappa shape index (κ3) is 2.71. The van der Waals surface area contributed by atoms with Gasteiger partial charge in [0.15, 0.2) is 0 Å². The van der Waals surface area contributed by atoms with Gasteiger partial charge in [-0.1, -0.05) is 24.3 Å². The summed E-state index contributed by atoms with van der Waals surface area (Å²) in [7, 11) is 1.55. The van der Waals surface area contributed by atoms with E-state index in [-0.39, 0.29) is 5.91 Å². The maximum Gasteiger partial charge on any atom is 0.259 e. The molecule has 1 N–H and O–H groups in total. The first-order valence-corrected chi connectivity index (χ1v) is 6.20. The lowest BCUT2D eigenvalue weighted by Gasteiger charge is -2.10. The number of methoxy groups -OCH3 is 1. The summed E-state index contributed by atoms with van der Waals surface area (Å²) >= 11 is 3.39. The van der Waals surface area contributed by atoms with E-state index in [0.29, 0.717) is 11.3 Å². The Morgan fingerprint density at radius 2 is 1.78 bits per heavy atom. The molecule has 0 aliphatic heterocycles. The van der Waals surface area contributed by atoms with Crippen molar-refractivity contribution in [2.75, 3.05) is 12.4 Å². The third-order valence-corrected chi connectivity index (χ3v) is 3.17. The van der Waals surface area contributed by atoms with Crippen LogP contribution in [0.3, 0.4) is 0 Å². The summed E-state index contributed by atoms with van der Waals surface area (Å²) in [6.07, 6.45) is 0. The van der Waals surface area contributed by atoms with Crippen molar-refractivity contribution in [2.45, 2.75) is 0 Å². The van der Waals surface area contributed by atoms with Crippen molar-refractivity contribution in [1.82, 2.24) is 0 Å². The minimum atomic E-state index is -0.195. The number of benzene rings is 2. The number of para-hydroxylation sites is 2. The van der Waals surface area contributed by atoms with Crippen LogP contribution in [0.2, 0.25) is 0 Å².